The summed E-state index contributed by atoms with van der Waals surface area (Å²) in [5.74, 6) is -0.212. The van der Waals surface area contributed by atoms with Gasteiger partial charge in [0.25, 0.3) is 5.91 Å². The minimum atomic E-state index is -0.950. The zero-order valence-electron chi connectivity index (χ0n) is 13.0. The number of carbonyl (C=O) groups is 2. The minimum Gasteiger partial charge on any atom is -0.447 e. The number of nitrogens with zero attached hydrogens (tertiary/aromatic N) is 1. The molecule has 2 aliphatic rings. The third-order valence-electron chi connectivity index (χ3n) is 4.63. The first-order valence-corrected chi connectivity index (χ1v) is 9.24. The fraction of sp³-hybridized carbons (Fsp3) is 0.500. The second kappa shape index (κ2) is 6.31. The molecule has 0 radical (unpaired) electrons. The van der Waals surface area contributed by atoms with Crippen LogP contribution in [0, 0.1) is 0 Å². The van der Waals surface area contributed by atoms with Gasteiger partial charge in [0.2, 0.25) is 0 Å². The van der Waals surface area contributed by atoms with Crippen LogP contribution < -0.4 is 10.2 Å². The molecule has 2 fully saturated rings. The molecular formula is C16H20N2O4S. The van der Waals surface area contributed by atoms with Crippen molar-refractivity contribution in [2.45, 2.75) is 24.0 Å². The summed E-state index contributed by atoms with van der Waals surface area (Å²) < 4.78 is 16.5. The largest absolute Gasteiger partial charge is 0.447 e. The lowest BCUT2D eigenvalue weighted by Gasteiger charge is -2.39. The van der Waals surface area contributed by atoms with Crippen molar-refractivity contribution in [1.29, 1.82) is 0 Å². The van der Waals surface area contributed by atoms with Gasteiger partial charge in [-0.15, -0.1) is 0 Å². The predicted octanol–water partition coefficient (Wildman–Crippen LogP) is 1.67. The average molecular weight is 336 g/mol. The van der Waals surface area contributed by atoms with Crippen LogP contribution in [0.15, 0.2) is 24.3 Å². The molecule has 6 nitrogen and oxygen atoms in total. The van der Waals surface area contributed by atoms with Crippen LogP contribution in [0.5, 0.6) is 0 Å². The number of cyclic esters (lactones) is 1. The molecule has 1 aliphatic carbocycles. The van der Waals surface area contributed by atoms with E-state index in [2.05, 4.69) is 5.32 Å². The first-order chi connectivity index (χ1) is 11.0. The first-order valence-electron chi connectivity index (χ1n) is 7.68. The highest BCUT2D eigenvalue weighted by Gasteiger charge is 2.41. The van der Waals surface area contributed by atoms with E-state index < -0.39 is 16.9 Å². The van der Waals surface area contributed by atoms with Gasteiger partial charge < -0.3 is 10.1 Å². The summed E-state index contributed by atoms with van der Waals surface area (Å²) in [5.41, 5.74) is 1.14. The smallest absolute Gasteiger partial charge is 0.414 e. The molecule has 3 rings (SSSR count). The molecule has 0 bridgehead atoms. The van der Waals surface area contributed by atoms with Crippen LogP contribution in [0.25, 0.3) is 0 Å². The highest BCUT2D eigenvalue weighted by Crippen LogP contribution is 2.36. The maximum atomic E-state index is 12.4. The number of carbonyl (C=O) groups excluding carboxylic acids is 2. The third kappa shape index (κ3) is 3.10. The molecule has 1 atom stereocenters. The summed E-state index contributed by atoms with van der Waals surface area (Å²) in [6.45, 7) is 1.27. The number of hydrogen-bond donors (Lipinski definition) is 1. The fourth-order valence-corrected chi connectivity index (χ4v) is 4.06. The van der Waals surface area contributed by atoms with Gasteiger partial charge in [0.05, 0.1) is 11.3 Å². The summed E-state index contributed by atoms with van der Waals surface area (Å²) in [4.78, 5) is 25.5. The molecule has 1 aromatic rings. The van der Waals surface area contributed by atoms with Crippen molar-refractivity contribution in [1.82, 2.24) is 5.32 Å². The quantitative estimate of drug-likeness (QED) is 0.887. The Morgan fingerprint density at radius 3 is 2.78 bits per heavy atom. The Kier molecular flexibility index (Phi) is 4.39. The fourth-order valence-electron chi connectivity index (χ4n) is 2.92. The summed E-state index contributed by atoms with van der Waals surface area (Å²) in [5, 5.41) is 2.89. The molecule has 1 aliphatic heterocycles. The average Bonchev–Trinajstić information content (AvgIpc) is 2.92. The predicted molar refractivity (Wildman–Crippen MR) is 88.1 cm³/mol. The lowest BCUT2D eigenvalue weighted by atomic mass is 9.84. The van der Waals surface area contributed by atoms with E-state index in [1.165, 1.54) is 4.90 Å². The first kappa shape index (κ1) is 16.0. The molecule has 23 heavy (non-hydrogen) atoms. The minimum absolute atomic E-state index is 0.212. The van der Waals surface area contributed by atoms with E-state index in [-0.39, 0.29) is 10.7 Å². The third-order valence-corrected chi connectivity index (χ3v) is 6.40. The molecule has 1 N–H and O–H groups in total. The maximum absolute atomic E-state index is 12.4. The SMILES string of the molecule is CS(=O)C1(CNC(=O)c2cccc(N3CCOC3=O)c2)CCC1. The van der Waals surface area contributed by atoms with Crippen molar-refractivity contribution in [3.8, 4) is 0 Å². The Labute approximate surface area is 137 Å². The zero-order chi connectivity index (χ0) is 16.4. The standard InChI is InChI=1S/C16H20N2O4S/c1-23(21)16(6-3-7-16)11-17-14(19)12-4-2-5-13(10-12)18-8-9-22-15(18)20/h2,4-5,10H,3,6-9,11H2,1H3,(H,17,19). The van der Waals surface area contributed by atoms with Crippen molar-refractivity contribution >= 4 is 28.5 Å². The molecule has 0 spiro atoms. The molecule has 7 heteroatoms. The molecule has 1 saturated carbocycles. The monoisotopic (exact) mass is 336 g/mol. The number of rotatable bonds is 5. The van der Waals surface area contributed by atoms with Crippen molar-refractivity contribution in [3.63, 3.8) is 0 Å². The Morgan fingerprint density at radius 1 is 1.43 bits per heavy atom. The summed E-state index contributed by atoms with van der Waals surface area (Å²) in [7, 11) is -0.950. The van der Waals surface area contributed by atoms with Crippen LogP contribution in [-0.2, 0) is 15.5 Å². The van der Waals surface area contributed by atoms with E-state index >= 15 is 0 Å². The van der Waals surface area contributed by atoms with E-state index in [0.717, 1.165) is 19.3 Å². The van der Waals surface area contributed by atoms with Gasteiger partial charge in [0.15, 0.2) is 0 Å². The van der Waals surface area contributed by atoms with Gasteiger partial charge >= 0.3 is 6.09 Å². The number of ether oxygens (including phenoxy) is 1. The van der Waals surface area contributed by atoms with Crippen molar-refractivity contribution in [2.24, 2.45) is 0 Å². The second-order valence-electron chi connectivity index (χ2n) is 5.99. The zero-order valence-corrected chi connectivity index (χ0v) is 13.9. The van der Waals surface area contributed by atoms with E-state index in [1.54, 1.807) is 30.5 Å². The molecular weight excluding hydrogens is 316 g/mol. The van der Waals surface area contributed by atoms with E-state index in [1.807, 2.05) is 0 Å². The normalized spacial score (nSPS) is 20.6. The topological polar surface area (TPSA) is 75.7 Å². The van der Waals surface area contributed by atoms with Gasteiger partial charge in [-0.3, -0.25) is 13.9 Å². The molecule has 1 unspecified atom stereocenters. The molecule has 1 saturated heterocycles. The molecule has 1 heterocycles. The van der Waals surface area contributed by atoms with Gasteiger partial charge in [0, 0.05) is 34.9 Å². The molecule has 124 valence electrons. The highest BCUT2D eigenvalue weighted by molar-refractivity contribution is 7.85. The Morgan fingerprint density at radius 2 is 2.22 bits per heavy atom. The van der Waals surface area contributed by atoms with Gasteiger partial charge in [0.1, 0.15) is 6.61 Å². The number of nitrogens with one attached hydrogen (secondary N) is 1. The number of amides is 2. The van der Waals surface area contributed by atoms with E-state index in [4.69, 9.17) is 4.74 Å². The number of anilines is 1. The van der Waals surface area contributed by atoms with Crippen molar-refractivity contribution < 1.29 is 18.5 Å². The Hall–Kier alpha value is -1.89. The highest BCUT2D eigenvalue weighted by atomic mass is 32.2. The van der Waals surface area contributed by atoms with Crippen LogP contribution in [0.2, 0.25) is 0 Å². The lowest BCUT2D eigenvalue weighted by Crippen LogP contribution is -2.50. The van der Waals surface area contributed by atoms with Gasteiger partial charge in [-0.1, -0.05) is 12.5 Å². The summed E-state index contributed by atoms with van der Waals surface area (Å²) in [6, 6.07) is 6.90. The number of benzene rings is 1. The van der Waals surface area contributed by atoms with E-state index in [0.29, 0.717) is 30.9 Å². The maximum Gasteiger partial charge on any atom is 0.414 e. The van der Waals surface area contributed by atoms with Crippen LogP contribution in [-0.4, -0.2) is 46.9 Å². The summed E-state index contributed by atoms with van der Waals surface area (Å²) >= 11 is 0. The Balaban J connectivity index is 1.68. The molecule has 0 aromatic heterocycles. The van der Waals surface area contributed by atoms with Gasteiger partial charge in [-0.05, 0) is 31.0 Å². The van der Waals surface area contributed by atoms with E-state index in [9.17, 15) is 13.8 Å². The lowest BCUT2D eigenvalue weighted by molar-refractivity contribution is 0.0943. The van der Waals surface area contributed by atoms with Crippen LogP contribution in [0.4, 0.5) is 10.5 Å². The molecule has 2 amide bonds. The second-order valence-corrected chi connectivity index (χ2v) is 7.76. The van der Waals surface area contributed by atoms with Gasteiger partial charge in [-0.2, -0.15) is 0 Å². The Bertz CT molecular complexity index is 657. The van der Waals surface area contributed by atoms with Crippen LogP contribution in [0.3, 0.4) is 0 Å². The van der Waals surface area contributed by atoms with Gasteiger partial charge in [-0.25, -0.2) is 4.79 Å². The summed E-state index contributed by atoms with van der Waals surface area (Å²) in [6.07, 6.45) is 4.14. The van der Waals surface area contributed by atoms with Crippen LogP contribution in [0.1, 0.15) is 29.6 Å². The van der Waals surface area contributed by atoms with Crippen LogP contribution >= 0.6 is 0 Å². The van der Waals surface area contributed by atoms with Crippen molar-refractivity contribution in [2.75, 3.05) is 30.9 Å². The number of hydrogen-bond acceptors (Lipinski definition) is 4. The molecule has 1 aromatic carbocycles. The van der Waals surface area contributed by atoms with Crippen molar-refractivity contribution in [3.05, 3.63) is 29.8 Å².